The number of carbonyl (C=O) groups excluding carboxylic acids is 1. The van der Waals surface area contributed by atoms with Crippen LogP contribution in [0.15, 0.2) is 77.6 Å². The zero-order chi connectivity index (χ0) is 34.6. The fraction of sp³-hybridized carbons (Fsp3) is 0.375. The maximum absolute atomic E-state index is 12.6. The molecule has 0 fully saturated rings. The molecule has 46 heavy (non-hydrogen) atoms. The Kier molecular flexibility index (Phi) is 13.6. The number of halogens is 6. The number of benzene rings is 3. The molecule has 0 bridgehead atoms. The van der Waals surface area contributed by atoms with Crippen molar-refractivity contribution in [1.82, 2.24) is 0 Å². The van der Waals surface area contributed by atoms with Crippen LogP contribution < -0.4 is 10.2 Å². The van der Waals surface area contributed by atoms with E-state index >= 15 is 0 Å². The first kappa shape index (κ1) is 38.9. The van der Waals surface area contributed by atoms with E-state index in [0.29, 0.717) is 18.3 Å². The Morgan fingerprint density at radius 1 is 0.848 bits per heavy atom. The van der Waals surface area contributed by atoms with Gasteiger partial charge < -0.3 is 18.9 Å². The van der Waals surface area contributed by atoms with Crippen LogP contribution in [0.4, 0.5) is 25.2 Å². The van der Waals surface area contributed by atoms with Gasteiger partial charge in [-0.1, -0.05) is 57.2 Å². The zero-order valence-corrected chi connectivity index (χ0v) is 27.9. The summed E-state index contributed by atoms with van der Waals surface area (Å²) < 4.78 is 82.5. The molecule has 4 rings (SSSR count). The number of para-hydroxylation sites is 1. The Labute approximate surface area is 266 Å². The van der Waals surface area contributed by atoms with Gasteiger partial charge in [0.05, 0.1) is 16.9 Å². The molecule has 0 amide bonds. The first-order valence-corrected chi connectivity index (χ1v) is 18.0. The second-order valence-electron chi connectivity index (χ2n) is 10.3. The van der Waals surface area contributed by atoms with E-state index in [2.05, 4.69) is 44.4 Å². The molecule has 14 heteroatoms. The first-order valence-electron chi connectivity index (χ1n) is 14.3. The molecular weight excluding hydrogens is 657 g/mol. The molecule has 1 heterocycles. The molecule has 0 aliphatic carbocycles. The predicted molar refractivity (Wildman–Crippen MR) is 173 cm³/mol. The van der Waals surface area contributed by atoms with Crippen molar-refractivity contribution in [1.29, 1.82) is 0 Å². The molecule has 0 aliphatic rings. The van der Waals surface area contributed by atoms with Gasteiger partial charge in [-0.2, -0.15) is 0 Å². The van der Waals surface area contributed by atoms with Gasteiger partial charge in [-0.25, -0.2) is 4.79 Å². The Hall–Kier alpha value is -3.25. The van der Waals surface area contributed by atoms with E-state index in [4.69, 9.17) is 18.9 Å². The Morgan fingerprint density at radius 3 is 2.02 bits per heavy atom. The van der Waals surface area contributed by atoms with Gasteiger partial charge in [-0.05, 0) is 71.7 Å². The topological polar surface area (TPSA) is 71.1 Å². The summed E-state index contributed by atoms with van der Waals surface area (Å²) in [7, 11) is -10.7. The van der Waals surface area contributed by atoms with Crippen LogP contribution in [0, 0.1) is 0 Å². The minimum atomic E-state index is -10.7. The van der Waals surface area contributed by atoms with Gasteiger partial charge in [0, 0.05) is 6.61 Å². The average Bonchev–Trinajstić information content (AvgIpc) is 2.99. The molecule has 0 saturated heterocycles. The number of fused-ring (bicyclic) bond motifs is 2. The molecule has 256 valence electrons. The molecule has 6 nitrogen and oxygen atoms in total. The van der Waals surface area contributed by atoms with E-state index in [-0.39, 0.29) is 42.0 Å². The molecule has 2 atom stereocenters. The maximum atomic E-state index is 12.6. The Bertz CT molecular complexity index is 1620. The van der Waals surface area contributed by atoms with Crippen LogP contribution in [0.2, 0.25) is 0 Å². The van der Waals surface area contributed by atoms with Crippen molar-refractivity contribution in [3.8, 4) is 5.75 Å². The molecule has 2 unspecified atom stereocenters. The van der Waals surface area contributed by atoms with E-state index in [1.165, 1.54) is 15.0 Å². The molecule has 3 aromatic carbocycles. The van der Waals surface area contributed by atoms with Crippen LogP contribution in [0.1, 0.15) is 45.6 Å². The van der Waals surface area contributed by atoms with Crippen molar-refractivity contribution in [2.75, 3.05) is 26.6 Å². The van der Waals surface area contributed by atoms with Crippen LogP contribution in [0.3, 0.4) is 0 Å². The number of carbonyl (C=O) groups is 1. The molecule has 0 spiro atoms. The third-order valence-electron chi connectivity index (χ3n) is 6.28. The molecule has 4 aromatic rings. The van der Waals surface area contributed by atoms with Gasteiger partial charge in [0.25, 0.3) is 0 Å². The van der Waals surface area contributed by atoms with Gasteiger partial charge >= 0.3 is 39.0 Å². The molecule has 0 aliphatic heterocycles. The van der Waals surface area contributed by atoms with Gasteiger partial charge in [0.15, 0.2) is 16.0 Å². The third-order valence-corrected chi connectivity index (χ3v) is 8.31. The fourth-order valence-corrected chi connectivity index (χ4v) is 5.70. The SMILES string of the molecule is CC(C)c1ccc2c(c1)c(=O)c1ccccc1[s+]2C.CCOCOC(CC)COC(=O)COc1ccccc1.F[P-](F)(F)(F)(F)F. The summed E-state index contributed by atoms with van der Waals surface area (Å²) in [5.74, 6) is 0.685. The number of esters is 1. The second-order valence-corrected chi connectivity index (χ2v) is 14.1. The first-order chi connectivity index (χ1) is 21.3. The standard InChI is InChI=1S/C17H17OS.C15H22O5.F6P/c1-11(2)12-8-9-16-14(10-12)17(18)13-6-4-5-7-15(13)19(16)3;1-3-13(20-12-17-4-2)10-19-15(16)11-18-14-8-6-5-7-9-14;1-7(2,3,4,5)6/h4-11H,1-3H3;5-9,13H,3-4,10-12H2,1-2H3;/q+1;;-1. The molecular formula is C32H39F6O6PS. The third kappa shape index (κ3) is 14.9. The van der Waals surface area contributed by atoms with Crippen molar-refractivity contribution < 1.29 is 48.9 Å². The van der Waals surface area contributed by atoms with E-state index in [0.717, 1.165) is 17.2 Å². The zero-order valence-electron chi connectivity index (χ0n) is 26.2. The van der Waals surface area contributed by atoms with Crippen molar-refractivity contribution >= 4 is 44.4 Å². The average molecular weight is 697 g/mol. The van der Waals surface area contributed by atoms with E-state index in [1.807, 2.05) is 50.2 Å². The van der Waals surface area contributed by atoms with Crippen LogP contribution in [-0.4, -0.2) is 38.7 Å². The predicted octanol–water partition coefficient (Wildman–Crippen LogP) is 10.5. The van der Waals surface area contributed by atoms with Crippen LogP contribution in [0.25, 0.3) is 20.2 Å². The van der Waals surface area contributed by atoms with Crippen LogP contribution >= 0.6 is 18.3 Å². The monoisotopic (exact) mass is 696 g/mol. The van der Waals surface area contributed by atoms with E-state index in [1.54, 1.807) is 12.1 Å². The number of hydrogen-bond acceptors (Lipinski definition) is 6. The van der Waals surface area contributed by atoms with E-state index in [9.17, 15) is 34.8 Å². The molecule has 0 radical (unpaired) electrons. The van der Waals surface area contributed by atoms with Gasteiger partial charge in [-0.15, -0.1) is 0 Å². The Morgan fingerprint density at radius 2 is 1.43 bits per heavy atom. The minimum absolute atomic E-state index is 0.00310. The van der Waals surface area contributed by atoms with Crippen molar-refractivity contribution in [2.24, 2.45) is 6.26 Å². The summed E-state index contributed by atoms with van der Waals surface area (Å²) in [4.78, 5) is 24.2. The summed E-state index contributed by atoms with van der Waals surface area (Å²) in [6.07, 6.45) is 2.81. The van der Waals surface area contributed by atoms with Crippen LogP contribution in [0.5, 0.6) is 5.75 Å². The van der Waals surface area contributed by atoms with Crippen LogP contribution in [-0.2, 0) is 25.3 Å². The summed E-state index contributed by atoms with van der Waals surface area (Å²) in [5, 5.41) is 1.78. The quantitative estimate of drug-likeness (QED) is 0.0296. The van der Waals surface area contributed by atoms with E-state index < -0.39 is 13.8 Å². The summed E-state index contributed by atoms with van der Waals surface area (Å²) >= 11 is 0. The second kappa shape index (κ2) is 16.0. The van der Waals surface area contributed by atoms with Gasteiger partial charge in [0.2, 0.25) is 5.43 Å². The fourth-order valence-electron chi connectivity index (χ4n) is 3.93. The normalized spacial score (nSPS) is 13.9. The summed E-state index contributed by atoms with van der Waals surface area (Å²) in [6, 6.07) is 23.5. The number of rotatable bonds is 11. The summed E-state index contributed by atoms with van der Waals surface area (Å²) in [5.41, 5.74) is 1.42. The molecule has 0 N–H and O–H groups in total. The van der Waals surface area contributed by atoms with Crippen molar-refractivity contribution in [3.05, 3.63) is 88.6 Å². The Balaban J connectivity index is 0.000000266. The molecule has 0 saturated carbocycles. The van der Waals surface area contributed by atoms with Gasteiger partial charge in [-0.3, -0.25) is 4.79 Å². The van der Waals surface area contributed by atoms with Crippen molar-refractivity contribution in [3.63, 3.8) is 0 Å². The summed E-state index contributed by atoms with van der Waals surface area (Å²) in [6.45, 7) is 9.10. The number of aryl methyl sites for hydroxylation is 1. The van der Waals surface area contributed by atoms with Gasteiger partial charge in [0.1, 0.15) is 25.4 Å². The number of ether oxygens (including phenoxy) is 4. The van der Waals surface area contributed by atoms with Crippen molar-refractivity contribution in [2.45, 2.75) is 46.1 Å². The number of hydrogen-bond donors (Lipinski definition) is 0. The molecule has 1 aromatic heterocycles.